The third-order valence-corrected chi connectivity index (χ3v) is 4.98. The minimum atomic E-state index is 0.0130. The van der Waals surface area contributed by atoms with Gasteiger partial charge in [-0.05, 0) is 23.9 Å². The third-order valence-electron chi connectivity index (χ3n) is 3.75. The molecule has 0 aromatic carbocycles. The van der Waals surface area contributed by atoms with Gasteiger partial charge < -0.3 is 10.6 Å². The fraction of sp³-hybridized carbons (Fsp3) is 0.643. The smallest absolute Gasteiger partial charge is 0.224 e. The van der Waals surface area contributed by atoms with Crippen molar-refractivity contribution in [2.24, 2.45) is 11.8 Å². The molecule has 1 aromatic heterocycles. The highest BCUT2D eigenvalue weighted by Gasteiger charge is 2.31. The van der Waals surface area contributed by atoms with Crippen molar-refractivity contribution in [1.82, 2.24) is 10.6 Å². The standard InChI is InChI=1S/C14H22N2OS/c1-10-7-15-8-11(10)13(17)16-9-14(2,3)12-5-4-6-18-12/h4-6,10-11,15H,7-9H2,1-3H3,(H,16,17). The summed E-state index contributed by atoms with van der Waals surface area (Å²) in [4.78, 5) is 13.4. The largest absolute Gasteiger partial charge is 0.355 e. The Labute approximate surface area is 113 Å². The summed E-state index contributed by atoms with van der Waals surface area (Å²) in [6.07, 6.45) is 0. The van der Waals surface area contributed by atoms with Gasteiger partial charge in [-0.25, -0.2) is 0 Å². The van der Waals surface area contributed by atoms with E-state index in [0.717, 1.165) is 13.1 Å². The first-order valence-corrected chi connectivity index (χ1v) is 7.41. The molecule has 1 amide bonds. The predicted octanol–water partition coefficient (Wildman–Crippen LogP) is 2.00. The fourth-order valence-electron chi connectivity index (χ4n) is 2.35. The number of hydrogen-bond donors (Lipinski definition) is 2. The minimum absolute atomic E-state index is 0.0130. The molecule has 0 spiro atoms. The highest BCUT2D eigenvalue weighted by Crippen LogP contribution is 2.27. The van der Waals surface area contributed by atoms with Crippen LogP contribution in [0.1, 0.15) is 25.6 Å². The maximum Gasteiger partial charge on any atom is 0.224 e. The molecule has 1 aliphatic heterocycles. The molecule has 4 heteroatoms. The van der Waals surface area contributed by atoms with Crippen LogP contribution in [0.15, 0.2) is 17.5 Å². The van der Waals surface area contributed by atoms with Gasteiger partial charge in [-0.2, -0.15) is 0 Å². The molecular formula is C14H22N2OS. The average Bonchev–Trinajstić information content (AvgIpc) is 2.96. The molecule has 0 bridgehead atoms. The summed E-state index contributed by atoms with van der Waals surface area (Å²) in [5.74, 6) is 0.760. The minimum Gasteiger partial charge on any atom is -0.355 e. The zero-order chi connectivity index (χ0) is 13.2. The van der Waals surface area contributed by atoms with Crippen LogP contribution in [0, 0.1) is 11.8 Å². The van der Waals surface area contributed by atoms with Gasteiger partial charge in [0.15, 0.2) is 0 Å². The summed E-state index contributed by atoms with van der Waals surface area (Å²) in [5.41, 5.74) is 0.0130. The molecule has 2 N–H and O–H groups in total. The first-order chi connectivity index (χ1) is 8.50. The normalized spacial score (nSPS) is 24.2. The van der Waals surface area contributed by atoms with Crippen molar-refractivity contribution < 1.29 is 4.79 Å². The van der Waals surface area contributed by atoms with Crippen LogP contribution in [-0.4, -0.2) is 25.5 Å². The molecule has 2 atom stereocenters. The van der Waals surface area contributed by atoms with E-state index >= 15 is 0 Å². The highest BCUT2D eigenvalue weighted by atomic mass is 32.1. The number of carbonyl (C=O) groups excluding carboxylic acids is 1. The predicted molar refractivity (Wildman–Crippen MR) is 75.9 cm³/mol. The molecule has 18 heavy (non-hydrogen) atoms. The van der Waals surface area contributed by atoms with Gasteiger partial charge in [-0.1, -0.05) is 26.8 Å². The maximum absolute atomic E-state index is 12.1. The Hall–Kier alpha value is -0.870. The molecular weight excluding hydrogens is 244 g/mol. The molecule has 1 fully saturated rings. The lowest BCUT2D eigenvalue weighted by molar-refractivity contribution is -0.125. The van der Waals surface area contributed by atoms with E-state index in [1.165, 1.54) is 4.88 Å². The Morgan fingerprint density at radius 2 is 2.33 bits per heavy atom. The van der Waals surface area contributed by atoms with E-state index < -0.39 is 0 Å². The van der Waals surface area contributed by atoms with Crippen molar-refractivity contribution in [2.75, 3.05) is 19.6 Å². The van der Waals surface area contributed by atoms with E-state index in [0.29, 0.717) is 12.5 Å². The summed E-state index contributed by atoms with van der Waals surface area (Å²) in [7, 11) is 0. The molecule has 0 radical (unpaired) electrons. The molecule has 2 heterocycles. The number of rotatable bonds is 4. The summed E-state index contributed by atoms with van der Waals surface area (Å²) < 4.78 is 0. The number of hydrogen-bond acceptors (Lipinski definition) is 3. The van der Waals surface area contributed by atoms with Crippen molar-refractivity contribution in [3.8, 4) is 0 Å². The van der Waals surface area contributed by atoms with Gasteiger partial charge in [-0.3, -0.25) is 4.79 Å². The van der Waals surface area contributed by atoms with Crippen molar-refractivity contribution in [3.05, 3.63) is 22.4 Å². The van der Waals surface area contributed by atoms with Gasteiger partial charge in [0.05, 0.1) is 5.92 Å². The van der Waals surface area contributed by atoms with Crippen molar-refractivity contribution in [2.45, 2.75) is 26.2 Å². The Kier molecular flexibility index (Phi) is 4.07. The van der Waals surface area contributed by atoms with Crippen LogP contribution in [0.25, 0.3) is 0 Å². The van der Waals surface area contributed by atoms with E-state index in [1.807, 2.05) is 0 Å². The van der Waals surface area contributed by atoms with Gasteiger partial charge in [0.25, 0.3) is 0 Å². The van der Waals surface area contributed by atoms with Crippen LogP contribution >= 0.6 is 11.3 Å². The Morgan fingerprint density at radius 3 is 2.89 bits per heavy atom. The van der Waals surface area contributed by atoms with Gasteiger partial charge in [0.2, 0.25) is 5.91 Å². The number of thiophene rings is 1. The molecule has 1 aromatic rings. The molecule has 0 saturated carbocycles. The van der Waals surface area contributed by atoms with Crippen LogP contribution in [0.2, 0.25) is 0 Å². The van der Waals surface area contributed by atoms with Crippen LogP contribution in [0.5, 0.6) is 0 Å². The number of carbonyl (C=O) groups is 1. The maximum atomic E-state index is 12.1. The molecule has 1 saturated heterocycles. The second kappa shape index (κ2) is 5.41. The Balaban J connectivity index is 1.89. The van der Waals surface area contributed by atoms with Gasteiger partial charge in [0.1, 0.15) is 0 Å². The van der Waals surface area contributed by atoms with E-state index in [4.69, 9.17) is 0 Å². The molecule has 0 aliphatic carbocycles. The van der Waals surface area contributed by atoms with Crippen LogP contribution in [-0.2, 0) is 10.2 Å². The Morgan fingerprint density at radius 1 is 1.56 bits per heavy atom. The zero-order valence-electron chi connectivity index (χ0n) is 11.3. The summed E-state index contributed by atoms with van der Waals surface area (Å²) >= 11 is 1.75. The SMILES string of the molecule is CC1CNCC1C(=O)NCC(C)(C)c1cccs1. The molecule has 100 valence electrons. The lowest BCUT2D eigenvalue weighted by atomic mass is 9.90. The summed E-state index contributed by atoms with van der Waals surface area (Å²) in [5, 5.41) is 8.47. The monoisotopic (exact) mass is 266 g/mol. The first kappa shape index (κ1) is 13.6. The Bertz CT molecular complexity index is 400. The second-order valence-corrected chi connectivity index (χ2v) is 6.77. The first-order valence-electron chi connectivity index (χ1n) is 6.53. The average molecular weight is 266 g/mol. The number of nitrogens with one attached hydrogen (secondary N) is 2. The van der Waals surface area contributed by atoms with E-state index in [1.54, 1.807) is 11.3 Å². The van der Waals surface area contributed by atoms with E-state index in [9.17, 15) is 4.79 Å². The van der Waals surface area contributed by atoms with E-state index in [2.05, 4.69) is 48.9 Å². The van der Waals surface area contributed by atoms with Crippen LogP contribution < -0.4 is 10.6 Å². The van der Waals surface area contributed by atoms with Crippen LogP contribution in [0.3, 0.4) is 0 Å². The van der Waals surface area contributed by atoms with Gasteiger partial charge in [-0.15, -0.1) is 11.3 Å². The van der Waals surface area contributed by atoms with Gasteiger partial charge >= 0.3 is 0 Å². The van der Waals surface area contributed by atoms with Crippen molar-refractivity contribution in [3.63, 3.8) is 0 Å². The van der Waals surface area contributed by atoms with Crippen molar-refractivity contribution >= 4 is 17.2 Å². The highest BCUT2D eigenvalue weighted by molar-refractivity contribution is 7.10. The lowest BCUT2D eigenvalue weighted by Gasteiger charge is -2.25. The van der Waals surface area contributed by atoms with Gasteiger partial charge in [0, 0.05) is 23.4 Å². The molecule has 3 nitrogen and oxygen atoms in total. The molecule has 2 unspecified atom stereocenters. The number of amides is 1. The summed E-state index contributed by atoms with van der Waals surface area (Å²) in [6.45, 7) is 8.95. The topological polar surface area (TPSA) is 41.1 Å². The quantitative estimate of drug-likeness (QED) is 0.875. The molecule has 2 rings (SSSR count). The zero-order valence-corrected chi connectivity index (χ0v) is 12.1. The lowest BCUT2D eigenvalue weighted by Crippen LogP contribution is -2.41. The summed E-state index contributed by atoms with van der Waals surface area (Å²) in [6, 6.07) is 4.20. The van der Waals surface area contributed by atoms with E-state index in [-0.39, 0.29) is 17.2 Å². The van der Waals surface area contributed by atoms with Crippen LogP contribution in [0.4, 0.5) is 0 Å². The third kappa shape index (κ3) is 2.93. The molecule has 1 aliphatic rings. The van der Waals surface area contributed by atoms with Crippen molar-refractivity contribution in [1.29, 1.82) is 0 Å². The fourth-order valence-corrected chi connectivity index (χ4v) is 3.20. The second-order valence-electron chi connectivity index (χ2n) is 5.82.